The molecule has 0 radical (unpaired) electrons. The Morgan fingerprint density at radius 2 is 1.92 bits per heavy atom. The van der Waals surface area contributed by atoms with Gasteiger partial charge in [0.15, 0.2) is 5.96 Å². The second kappa shape index (κ2) is 10.4. The van der Waals surface area contributed by atoms with Crippen molar-refractivity contribution in [1.82, 2.24) is 15.2 Å². The molecule has 6 heteroatoms. The van der Waals surface area contributed by atoms with Gasteiger partial charge in [-0.15, -0.1) is 24.0 Å². The van der Waals surface area contributed by atoms with Gasteiger partial charge in [0, 0.05) is 32.5 Å². The number of aliphatic hydroxyl groups is 1. The van der Waals surface area contributed by atoms with Gasteiger partial charge in [-0.3, -0.25) is 0 Å². The molecule has 1 aromatic carbocycles. The minimum atomic E-state index is -0.559. The molecule has 0 saturated carbocycles. The summed E-state index contributed by atoms with van der Waals surface area (Å²) in [5.41, 5.74) is 3.25. The quantitative estimate of drug-likeness (QED) is 0.366. The van der Waals surface area contributed by atoms with E-state index in [1.807, 2.05) is 68.2 Å². The first kappa shape index (κ1) is 20.5. The van der Waals surface area contributed by atoms with Crippen LogP contribution in [0, 0.1) is 6.92 Å². The molecule has 0 bridgehead atoms. The van der Waals surface area contributed by atoms with Crippen molar-refractivity contribution >= 4 is 29.9 Å². The molecule has 1 unspecified atom stereocenters. The second-order valence-corrected chi connectivity index (χ2v) is 5.69. The summed E-state index contributed by atoms with van der Waals surface area (Å²) < 4.78 is 2.01. The molecule has 0 fully saturated rings. The SMILES string of the molecule is CCNC(=NCc1ccn(C)c1)NCC(O)c1ccc(C)cc1.I. The monoisotopic (exact) mass is 442 g/mol. The van der Waals surface area contributed by atoms with Gasteiger partial charge in [-0.25, -0.2) is 4.99 Å². The Labute approximate surface area is 161 Å². The van der Waals surface area contributed by atoms with Crippen molar-refractivity contribution in [2.24, 2.45) is 12.0 Å². The van der Waals surface area contributed by atoms with Crippen LogP contribution in [0.1, 0.15) is 29.7 Å². The summed E-state index contributed by atoms with van der Waals surface area (Å²) in [7, 11) is 1.99. The number of halogens is 1. The molecule has 0 amide bonds. The number of benzene rings is 1. The molecular weight excluding hydrogens is 415 g/mol. The molecular formula is C18H27IN4O. The van der Waals surface area contributed by atoms with Crippen molar-refractivity contribution in [3.63, 3.8) is 0 Å². The minimum absolute atomic E-state index is 0. The lowest BCUT2D eigenvalue weighted by molar-refractivity contribution is 0.181. The van der Waals surface area contributed by atoms with Gasteiger partial charge in [0.1, 0.15) is 0 Å². The van der Waals surface area contributed by atoms with Gasteiger partial charge >= 0.3 is 0 Å². The van der Waals surface area contributed by atoms with E-state index >= 15 is 0 Å². The van der Waals surface area contributed by atoms with E-state index in [0.29, 0.717) is 19.0 Å². The molecule has 24 heavy (non-hydrogen) atoms. The van der Waals surface area contributed by atoms with Crippen molar-refractivity contribution in [3.8, 4) is 0 Å². The lowest BCUT2D eigenvalue weighted by Gasteiger charge is -2.15. The summed E-state index contributed by atoms with van der Waals surface area (Å²) >= 11 is 0. The van der Waals surface area contributed by atoms with E-state index in [-0.39, 0.29) is 24.0 Å². The minimum Gasteiger partial charge on any atom is -0.387 e. The Morgan fingerprint density at radius 1 is 1.21 bits per heavy atom. The van der Waals surface area contributed by atoms with Crippen molar-refractivity contribution in [1.29, 1.82) is 0 Å². The number of aliphatic imine (C=N–C) groups is 1. The highest BCUT2D eigenvalue weighted by Crippen LogP contribution is 2.12. The third kappa shape index (κ3) is 6.52. The molecule has 132 valence electrons. The normalized spacial score (nSPS) is 12.4. The van der Waals surface area contributed by atoms with Crippen LogP contribution in [0.15, 0.2) is 47.7 Å². The summed E-state index contributed by atoms with van der Waals surface area (Å²) in [6, 6.07) is 9.97. The van der Waals surface area contributed by atoms with Crippen LogP contribution in [0.5, 0.6) is 0 Å². The third-order valence-corrected chi connectivity index (χ3v) is 3.58. The maximum Gasteiger partial charge on any atom is 0.191 e. The first-order valence-electron chi connectivity index (χ1n) is 7.96. The van der Waals surface area contributed by atoms with E-state index in [4.69, 9.17) is 0 Å². The Balaban J connectivity index is 0.00000288. The number of nitrogens with zero attached hydrogens (tertiary/aromatic N) is 2. The van der Waals surface area contributed by atoms with Gasteiger partial charge in [-0.2, -0.15) is 0 Å². The van der Waals surface area contributed by atoms with Crippen molar-refractivity contribution in [3.05, 3.63) is 59.4 Å². The van der Waals surface area contributed by atoms with E-state index in [2.05, 4.69) is 15.6 Å². The smallest absolute Gasteiger partial charge is 0.191 e. The summed E-state index contributed by atoms with van der Waals surface area (Å²) in [4.78, 5) is 4.55. The summed E-state index contributed by atoms with van der Waals surface area (Å²) in [6.45, 7) is 5.87. The van der Waals surface area contributed by atoms with E-state index < -0.39 is 6.10 Å². The number of rotatable bonds is 6. The first-order valence-corrected chi connectivity index (χ1v) is 7.96. The van der Waals surface area contributed by atoms with Gasteiger partial charge in [0.05, 0.1) is 12.6 Å². The van der Waals surface area contributed by atoms with Gasteiger partial charge < -0.3 is 20.3 Å². The molecule has 0 aliphatic heterocycles. The molecule has 3 N–H and O–H groups in total. The van der Waals surface area contributed by atoms with E-state index in [1.54, 1.807) is 0 Å². The highest BCUT2D eigenvalue weighted by molar-refractivity contribution is 14.0. The molecule has 0 saturated heterocycles. The zero-order valence-electron chi connectivity index (χ0n) is 14.5. The molecule has 0 aliphatic carbocycles. The maximum atomic E-state index is 10.3. The number of guanidine groups is 1. The van der Waals surface area contributed by atoms with Gasteiger partial charge in [0.25, 0.3) is 0 Å². The zero-order chi connectivity index (χ0) is 16.7. The van der Waals surface area contributed by atoms with Crippen LogP contribution >= 0.6 is 24.0 Å². The van der Waals surface area contributed by atoms with Crippen molar-refractivity contribution in [2.45, 2.75) is 26.5 Å². The molecule has 1 heterocycles. The highest BCUT2D eigenvalue weighted by Gasteiger charge is 2.08. The average Bonchev–Trinajstić information content (AvgIpc) is 2.96. The first-order chi connectivity index (χ1) is 11.1. The van der Waals surface area contributed by atoms with Crippen LogP contribution in [-0.4, -0.2) is 28.7 Å². The Morgan fingerprint density at radius 3 is 2.50 bits per heavy atom. The molecule has 0 aliphatic rings. The molecule has 2 aromatic rings. The number of aliphatic hydroxyl groups excluding tert-OH is 1. The molecule has 0 spiro atoms. The second-order valence-electron chi connectivity index (χ2n) is 5.69. The lowest BCUT2D eigenvalue weighted by atomic mass is 10.1. The van der Waals surface area contributed by atoms with Crippen LogP contribution < -0.4 is 10.6 Å². The molecule has 1 atom stereocenters. The summed E-state index contributed by atoms with van der Waals surface area (Å²) in [6.07, 6.45) is 3.50. The van der Waals surface area contributed by atoms with E-state index in [1.165, 1.54) is 5.56 Å². The third-order valence-electron chi connectivity index (χ3n) is 3.58. The van der Waals surface area contributed by atoms with Gasteiger partial charge in [-0.1, -0.05) is 29.8 Å². The predicted molar refractivity (Wildman–Crippen MR) is 110 cm³/mol. The van der Waals surface area contributed by atoms with Crippen LogP contribution in [0.3, 0.4) is 0 Å². The summed E-state index contributed by atoms with van der Waals surface area (Å²) in [5.74, 6) is 0.711. The molecule has 1 aromatic heterocycles. The van der Waals surface area contributed by atoms with Crippen molar-refractivity contribution in [2.75, 3.05) is 13.1 Å². The lowest BCUT2D eigenvalue weighted by Crippen LogP contribution is -2.39. The number of hydrogen-bond donors (Lipinski definition) is 3. The van der Waals surface area contributed by atoms with Gasteiger partial charge in [-0.05, 0) is 31.0 Å². The fourth-order valence-electron chi connectivity index (χ4n) is 2.27. The Bertz CT molecular complexity index is 637. The van der Waals surface area contributed by atoms with E-state index in [0.717, 1.165) is 17.7 Å². The molecule has 5 nitrogen and oxygen atoms in total. The Hall–Kier alpha value is -1.54. The largest absolute Gasteiger partial charge is 0.387 e. The fraction of sp³-hybridized carbons (Fsp3) is 0.389. The standard InChI is InChI=1S/C18H26N4O.HI/c1-4-19-18(20-11-15-9-10-22(3)13-15)21-12-17(23)16-7-5-14(2)6-8-16;/h5-10,13,17,23H,4,11-12H2,1-3H3,(H2,19,20,21);1H. The van der Waals surface area contributed by atoms with Crippen LogP contribution in [0.25, 0.3) is 0 Å². The summed E-state index contributed by atoms with van der Waals surface area (Å²) in [5, 5.41) is 16.7. The van der Waals surface area contributed by atoms with Crippen LogP contribution in [0.4, 0.5) is 0 Å². The topological polar surface area (TPSA) is 61.6 Å². The predicted octanol–water partition coefficient (Wildman–Crippen LogP) is 2.74. The number of aryl methyl sites for hydroxylation is 2. The fourth-order valence-corrected chi connectivity index (χ4v) is 2.27. The van der Waals surface area contributed by atoms with Crippen molar-refractivity contribution < 1.29 is 5.11 Å². The highest BCUT2D eigenvalue weighted by atomic mass is 127. The Kier molecular flexibility index (Phi) is 8.84. The number of hydrogen-bond acceptors (Lipinski definition) is 2. The average molecular weight is 442 g/mol. The number of nitrogens with one attached hydrogen (secondary N) is 2. The van der Waals surface area contributed by atoms with E-state index in [9.17, 15) is 5.11 Å². The van der Waals surface area contributed by atoms with Gasteiger partial charge in [0.2, 0.25) is 0 Å². The zero-order valence-corrected chi connectivity index (χ0v) is 16.8. The molecule has 2 rings (SSSR count). The number of aromatic nitrogens is 1. The van der Waals surface area contributed by atoms with Crippen LogP contribution in [0.2, 0.25) is 0 Å². The maximum absolute atomic E-state index is 10.3. The van der Waals surface area contributed by atoms with Crippen LogP contribution in [-0.2, 0) is 13.6 Å².